The topological polar surface area (TPSA) is 49.7 Å². The van der Waals surface area contributed by atoms with Gasteiger partial charge < -0.3 is 14.8 Å². The van der Waals surface area contributed by atoms with Crippen molar-refractivity contribution in [3.8, 4) is 0 Å². The predicted molar refractivity (Wildman–Crippen MR) is 91.9 cm³/mol. The highest BCUT2D eigenvalue weighted by Crippen LogP contribution is 2.25. The molecular weight excluding hydrogens is 283 g/mol. The van der Waals surface area contributed by atoms with Gasteiger partial charge in [0.05, 0.1) is 11.2 Å². The van der Waals surface area contributed by atoms with Crippen molar-refractivity contribution in [2.24, 2.45) is 0 Å². The van der Waals surface area contributed by atoms with Crippen LogP contribution in [0, 0.1) is 0 Å². The molecule has 118 valence electrons. The molecule has 0 amide bonds. The fourth-order valence-corrected chi connectivity index (χ4v) is 2.25. The van der Waals surface area contributed by atoms with E-state index in [1.165, 1.54) is 5.56 Å². The maximum Gasteiger partial charge on any atom is 0.491 e. The maximum atomic E-state index is 10.2. The van der Waals surface area contributed by atoms with Crippen molar-refractivity contribution in [3.05, 3.63) is 29.8 Å². The van der Waals surface area contributed by atoms with Crippen molar-refractivity contribution < 1.29 is 14.8 Å². The van der Waals surface area contributed by atoms with E-state index in [1.807, 2.05) is 36.0 Å². The number of aliphatic hydroxyl groups is 1. The van der Waals surface area contributed by atoms with Crippen LogP contribution in [0.2, 0.25) is 0 Å². The van der Waals surface area contributed by atoms with Crippen LogP contribution >= 0.6 is 11.8 Å². The van der Waals surface area contributed by atoms with Crippen LogP contribution in [-0.4, -0.2) is 33.7 Å². The highest BCUT2D eigenvalue weighted by Gasteiger charge is 2.39. The molecule has 0 aromatic heterocycles. The number of rotatable bonds is 7. The molecule has 0 radical (unpaired) electrons. The summed E-state index contributed by atoms with van der Waals surface area (Å²) in [5, 5.41) is 20.9. The quantitative estimate of drug-likeness (QED) is 0.760. The van der Waals surface area contributed by atoms with Crippen LogP contribution in [0.5, 0.6) is 0 Å². The summed E-state index contributed by atoms with van der Waals surface area (Å²) in [6.07, 6.45) is 0. The Morgan fingerprint density at radius 2 is 1.67 bits per heavy atom. The van der Waals surface area contributed by atoms with Gasteiger partial charge in [0.2, 0.25) is 0 Å². The number of thioether (sulfide) groups is 1. The summed E-state index contributed by atoms with van der Waals surface area (Å²) in [5.74, 6) is 0.962. The zero-order valence-corrected chi connectivity index (χ0v) is 14.7. The Bertz CT molecular complexity index is 438. The van der Waals surface area contributed by atoms with E-state index < -0.39 is 18.3 Å². The average molecular weight is 310 g/mol. The van der Waals surface area contributed by atoms with E-state index in [2.05, 4.69) is 13.8 Å². The van der Waals surface area contributed by atoms with Crippen molar-refractivity contribution in [1.29, 1.82) is 0 Å². The average Bonchev–Trinajstić information content (AvgIpc) is 2.35. The standard InChI is InChI=1S/C16H27BO3S/c1-12(2)21-11-13-7-9-14(10-8-13)17(19)20-16(5,6)15(3,4)18/h7-10,12,18-19H,11H2,1-6H3. The molecule has 0 atom stereocenters. The largest absolute Gasteiger partial charge is 0.491 e. The summed E-state index contributed by atoms with van der Waals surface area (Å²) < 4.78 is 5.63. The second-order valence-corrected chi connectivity index (χ2v) is 8.21. The molecule has 1 aromatic carbocycles. The van der Waals surface area contributed by atoms with E-state index in [0.717, 1.165) is 5.75 Å². The lowest BCUT2D eigenvalue weighted by atomic mass is 9.76. The van der Waals surface area contributed by atoms with Gasteiger partial charge in [-0.2, -0.15) is 11.8 Å². The first kappa shape index (κ1) is 18.6. The number of hydrogen-bond acceptors (Lipinski definition) is 4. The van der Waals surface area contributed by atoms with Gasteiger partial charge in [-0.15, -0.1) is 0 Å². The van der Waals surface area contributed by atoms with Crippen LogP contribution in [0.1, 0.15) is 47.1 Å². The van der Waals surface area contributed by atoms with Gasteiger partial charge >= 0.3 is 7.12 Å². The minimum absolute atomic E-state index is 0.603. The van der Waals surface area contributed by atoms with Gasteiger partial charge in [-0.3, -0.25) is 0 Å². The first-order valence-electron chi connectivity index (χ1n) is 7.31. The molecule has 0 fully saturated rings. The Morgan fingerprint density at radius 1 is 1.14 bits per heavy atom. The molecule has 2 N–H and O–H groups in total. The summed E-state index contributed by atoms with van der Waals surface area (Å²) >= 11 is 1.89. The first-order chi connectivity index (χ1) is 9.53. The summed E-state index contributed by atoms with van der Waals surface area (Å²) in [6.45, 7) is 11.2. The molecule has 1 aromatic rings. The summed E-state index contributed by atoms with van der Waals surface area (Å²) in [4.78, 5) is 0. The third kappa shape index (κ3) is 5.66. The monoisotopic (exact) mass is 310 g/mol. The Kier molecular flexibility index (Phi) is 6.35. The van der Waals surface area contributed by atoms with Gasteiger partial charge in [0.15, 0.2) is 0 Å². The fraction of sp³-hybridized carbons (Fsp3) is 0.625. The Morgan fingerprint density at radius 3 is 2.10 bits per heavy atom. The van der Waals surface area contributed by atoms with Gasteiger partial charge in [0.1, 0.15) is 0 Å². The van der Waals surface area contributed by atoms with Crippen LogP contribution in [0.4, 0.5) is 0 Å². The molecule has 0 aliphatic heterocycles. The Labute approximate surface area is 133 Å². The van der Waals surface area contributed by atoms with E-state index in [4.69, 9.17) is 4.65 Å². The van der Waals surface area contributed by atoms with E-state index in [1.54, 1.807) is 27.7 Å². The molecule has 21 heavy (non-hydrogen) atoms. The fourth-order valence-electron chi connectivity index (χ4n) is 1.53. The molecule has 0 spiro atoms. The molecule has 0 aliphatic rings. The van der Waals surface area contributed by atoms with E-state index in [-0.39, 0.29) is 0 Å². The lowest BCUT2D eigenvalue weighted by Crippen LogP contribution is -2.53. The van der Waals surface area contributed by atoms with Crippen molar-refractivity contribution in [3.63, 3.8) is 0 Å². The van der Waals surface area contributed by atoms with Crippen molar-refractivity contribution in [1.82, 2.24) is 0 Å². The molecular formula is C16H27BO3S. The molecule has 0 bridgehead atoms. The summed E-state index contributed by atoms with van der Waals surface area (Å²) in [7, 11) is -1.04. The van der Waals surface area contributed by atoms with Gasteiger partial charge in [-0.25, -0.2) is 0 Å². The SMILES string of the molecule is CC(C)SCc1ccc(B(O)OC(C)(C)C(C)(C)O)cc1. The summed E-state index contributed by atoms with van der Waals surface area (Å²) in [5.41, 5.74) is 0.0393. The minimum Gasteiger partial charge on any atom is -0.423 e. The van der Waals surface area contributed by atoms with Crippen molar-refractivity contribution >= 4 is 24.3 Å². The Hall–Kier alpha value is -0.485. The van der Waals surface area contributed by atoms with Gasteiger partial charge in [-0.05, 0) is 44.0 Å². The molecule has 0 unspecified atom stereocenters. The highest BCUT2D eigenvalue weighted by molar-refractivity contribution is 7.99. The van der Waals surface area contributed by atoms with Crippen molar-refractivity contribution in [2.45, 2.75) is 63.7 Å². The zero-order valence-electron chi connectivity index (χ0n) is 13.9. The van der Waals surface area contributed by atoms with Gasteiger partial charge in [0, 0.05) is 5.75 Å². The van der Waals surface area contributed by atoms with E-state index in [9.17, 15) is 10.1 Å². The molecule has 5 heteroatoms. The highest BCUT2D eigenvalue weighted by atomic mass is 32.2. The smallest absolute Gasteiger partial charge is 0.423 e. The lowest BCUT2D eigenvalue weighted by Gasteiger charge is -2.38. The second-order valence-electron chi connectivity index (χ2n) is 6.64. The second kappa shape index (κ2) is 7.18. The normalized spacial score (nSPS) is 12.8. The van der Waals surface area contributed by atoms with Gasteiger partial charge in [0.25, 0.3) is 0 Å². The van der Waals surface area contributed by atoms with Crippen molar-refractivity contribution in [2.75, 3.05) is 0 Å². The van der Waals surface area contributed by atoms with E-state index in [0.29, 0.717) is 10.7 Å². The third-order valence-electron chi connectivity index (χ3n) is 3.73. The van der Waals surface area contributed by atoms with Crippen LogP contribution in [0.25, 0.3) is 0 Å². The number of hydrogen-bond donors (Lipinski definition) is 2. The molecule has 3 nitrogen and oxygen atoms in total. The van der Waals surface area contributed by atoms with Crippen LogP contribution in [0.3, 0.4) is 0 Å². The molecule has 0 saturated carbocycles. The third-order valence-corrected chi connectivity index (χ3v) is 4.89. The number of benzene rings is 1. The van der Waals surface area contributed by atoms with Crippen LogP contribution in [-0.2, 0) is 10.4 Å². The van der Waals surface area contributed by atoms with E-state index >= 15 is 0 Å². The maximum absolute atomic E-state index is 10.2. The molecule has 0 aliphatic carbocycles. The summed E-state index contributed by atoms with van der Waals surface area (Å²) in [6, 6.07) is 7.77. The molecule has 0 saturated heterocycles. The first-order valence-corrected chi connectivity index (χ1v) is 8.36. The van der Waals surface area contributed by atoms with Gasteiger partial charge in [-0.1, -0.05) is 38.1 Å². The van der Waals surface area contributed by atoms with Crippen LogP contribution < -0.4 is 5.46 Å². The minimum atomic E-state index is -1.04. The Balaban J connectivity index is 2.69. The molecule has 0 heterocycles. The molecule has 1 rings (SSSR count). The lowest BCUT2D eigenvalue weighted by molar-refractivity contribution is -0.0982. The predicted octanol–water partition coefficient (Wildman–Crippen LogP) is 2.58. The zero-order chi connectivity index (χ0) is 16.3. The van der Waals surface area contributed by atoms with Crippen LogP contribution in [0.15, 0.2) is 24.3 Å².